The molecule has 2 atom stereocenters. The topological polar surface area (TPSA) is 66.6 Å². The lowest BCUT2D eigenvalue weighted by Gasteiger charge is -2.36. The first-order valence-corrected chi connectivity index (χ1v) is 7.41. The standard InChI is InChI=1S/C15H30N2O2/c1-11(18)12-5-7-17(8-6-12)14(19)13(10-16)9-15(2,3)4/h11-13,18H,5-10,16H2,1-4H3. The average Bonchev–Trinajstić information content (AvgIpc) is 2.34. The molecule has 19 heavy (non-hydrogen) atoms. The highest BCUT2D eigenvalue weighted by molar-refractivity contribution is 5.79. The zero-order chi connectivity index (χ0) is 14.6. The predicted molar refractivity (Wildman–Crippen MR) is 77.6 cm³/mol. The molecule has 4 nitrogen and oxygen atoms in total. The van der Waals surface area contributed by atoms with Gasteiger partial charge in [0.1, 0.15) is 0 Å². The van der Waals surface area contributed by atoms with Crippen LogP contribution in [0.2, 0.25) is 0 Å². The van der Waals surface area contributed by atoms with E-state index in [0.29, 0.717) is 12.5 Å². The highest BCUT2D eigenvalue weighted by Gasteiger charge is 2.31. The fourth-order valence-corrected chi connectivity index (χ4v) is 2.87. The number of piperidine rings is 1. The van der Waals surface area contributed by atoms with Gasteiger partial charge in [-0.15, -0.1) is 0 Å². The quantitative estimate of drug-likeness (QED) is 0.815. The Labute approximate surface area is 117 Å². The van der Waals surface area contributed by atoms with Gasteiger partial charge >= 0.3 is 0 Å². The number of hydrogen-bond acceptors (Lipinski definition) is 3. The minimum Gasteiger partial charge on any atom is -0.393 e. The van der Waals surface area contributed by atoms with Crippen molar-refractivity contribution in [1.82, 2.24) is 4.90 Å². The minimum atomic E-state index is -0.267. The van der Waals surface area contributed by atoms with Gasteiger partial charge in [0.2, 0.25) is 5.91 Å². The minimum absolute atomic E-state index is 0.0666. The van der Waals surface area contributed by atoms with Crippen molar-refractivity contribution in [2.75, 3.05) is 19.6 Å². The molecular formula is C15H30N2O2. The SMILES string of the molecule is CC(O)C1CCN(C(=O)C(CN)CC(C)(C)C)CC1. The Kier molecular flexibility index (Phi) is 5.81. The molecule has 0 aromatic carbocycles. The summed E-state index contributed by atoms with van der Waals surface area (Å²) in [6.07, 6.45) is 2.36. The van der Waals surface area contributed by atoms with Crippen LogP contribution < -0.4 is 5.73 Å². The summed E-state index contributed by atoms with van der Waals surface area (Å²) in [4.78, 5) is 14.4. The Bertz CT molecular complexity index is 289. The summed E-state index contributed by atoms with van der Waals surface area (Å²) in [5, 5.41) is 9.59. The van der Waals surface area contributed by atoms with Gasteiger partial charge in [-0.1, -0.05) is 20.8 Å². The monoisotopic (exact) mass is 270 g/mol. The van der Waals surface area contributed by atoms with E-state index in [9.17, 15) is 9.90 Å². The van der Waals surface area contributed by atoms with Crippen LogP contribution in [-0.4, -0.2) is 41.7 Å². The van der Waals surface area contributed by atoms with E-state index in [1.165, 1.54) is 0 Å². The third-order valence-corrected chi connectivity index (χ3v) is 4.03. The molecule has 4 heteroatoms. The number of hydrogen-bond donors (Lipinski definition) is 2. The van der Waals surface area contributed by atoms with E-state index < -0.39 is 0 Å². The Morgan fingerprint density at radius 3 is 2.26 bits per heavy atom. The first-order chi connectivity index (χ1) is 8.74. The summed E-state index contributed by atoms with van der Waals surface area (Å²) in [6, 6.07) is 0. The number of nitrogens with two attached hydrogens (primary N) is 1. The summed E-state index contributed by atoms with van der Waals surface area (Å²) in [5.41, 5.74) is 5.90. The fourth-order valence-electron chi connectivity index (χ4n) is 2.87. The maximum atomic E-state index is 12.5. The lowest BCUT2D eigenvalue weighted by Crippen LogP contribution is -2.45. The molecule has 0 aliphatic carbocycles. The van der Waals surface area contributed by atoms with Crippen LogP contribution in [0.25, 0.3) is 0 Å². The first-order valence-electron chi connectivity index (χ1n) is 7.41. The molecule has 1 fully saturated rings. The van der Waals surface area contributed by atoms with Gasteiger partial charge in [0.15, 0.2) is 0 Å². The van der Waals surface area contributed by atoms with Crippen LogP contribution in [0.1, 0.15) is 47.0 Å². The summed E-state index contributed by atoms with van der Waals surface area (Å²) in [5.74, 6) is 0.465. The number of rotatable bonds is 4. The van der Waals surface area contributed by atoms with Crippen LogP contribution in [-0.2, 0) is 4.79 Å². The van der Waals surface area contributed by atoms with Crippen molar-refractivity contribution in [3.8, 4) is 0 Å². The molecule has 2 unspecified atom stereocenters. The lowest BCUT2D eigenvalue weighted by molar-refractivity contribution is -0.138. The van der Waals surface area contributed by atoms with Gasteiger partial charge in [-0.25, -0.2) is 0 Å². The van der Waals surface area contributed by atoms with Gasteiger partial charge < -0.3 is 15.7 Å². The van der Waals surface area contributed by atoms with Crippen LogP contribution in [0.3, 0.4) is 0 Å². The summed E-state index contributed by atoms with van der Waals surface area (Å²) in [6.45, 7) is 10.2. The van der Waals surface area contributed by atoms with E-state index in [2.05, 4.69) is 20.8 Å². The van der Waals surface area contributed by atoms with Crippen molar-refractivity contribution in [2.24, 2.45) is 23.0 Å². The van der Waals surface area contributed by atoms with Crippen molar-refractivity contribution in [3.63, 3.8) is 0 Å². The average molecular weight is 270 g/mol. The second-order valence-corrected chi connectivity index (χ2v) is 7.10. The maximum Gasteiger partial charge on any atom is 0.226 e. The zero-order valence-corrected chi connectivity index (χ0v) is 12.9. The van der Waals surface area contributed by atoms with E-state index >= 15 is 0 Å². The first kappa shape index (κ1) is 16.4. The Hall–Kier alpha value is -0.610. The second-order valence-electron chi connectivity index (χ2n) is 7.10. The third kappa shape index (κ3) is 5.11. The van der Waals surface area contributed by atoms with Crippen LogP contribution in [0.4, 0.5) is 0 Å². The van der Waals surface area contributed by atoms with Crippen molar-refractivity contribution in [2.45, 2.75) is 53.1 Å². The van der Waals surface area contributed by atoms with Crippen LogP contribution >= 0.6 is 0 Å². The Balaban J connectivity index is 2.53. The molecule has 0 saturated carbocycles. The van der Waals surface area contributed by atoms with E-state index in [0.717, 1.165) is 32.4 Å². The molecule has 0 aromatic rings. The largest absolute Gasteiger partial charge is 0.393 e. The molecule has 112 valence electrons. The summed E-state index contributed by atoms with van der Waals surface area (Å²) in [7, 11) is 0. The molecule has 0 aromatic heterocycles. The highest BCUT2D eigenvalue weighted by atomic mass is 16.3. The van der Waals surface area contributed by atoms with Crippen LogP contribution in [0.5, 0.6) is 0 Å². The molecule has 1 amide bonds. The zero-order valence-electron chi connectivity index (χ0n) is 12.9. The van der Waals surface area contributed by atoms with Crippen LogP contribution in [0, 0.1) is 17.3 Å². The number of nitrogens with zero attached hydrogens (tertiary/aromatic N) is 1. The fraction of sp³-hybridized carbons (Fsp3) is 0.933. The molecule has 1 aliphatic rings. The third-order valence-electron chi connectivity index (χ3n) is 4.03. The van der Waals surface area contributed by atoms with E-state index in [-0.39, 0.29) is 23.3 Å². The van der Waals surface area contributed by atoms with Gasteiger partial charge in [0, 0.05) is 19.6 Å². The Morgan fingerprint density at radius 1 is 1.37 bits per heavy atom. The molecular weight excluding hydrogens is 240 g/mol. The number of carbonyl (C=O) groups is 1. The second kappa shape index (κ2) is 6.71. The number of amides is 1. The van der Waals surface area contributed by atoms with E-state index in [4.69, 9.17) is 5.73 Å². The molecule has 3 N–H and O–H groups in total. The van der Waals surface area contributed by atoms with Gasteiger partial charge in [0.25, 0.3) is 0 Å². The van der Waals surface area contributed by atoms with Gasteiger partial charge in [-0.3, -0.25) is 4.79 Å². The van der Waals surface area contributed by atoms with Gasteiger partial charge in [0.05, 0.1) is 12.0 Å². The molecule has 0 spiro atoms. The van der Waals surface area contributed by atoms with Crippen molar-refractivity contribution >= 4 is 5.91 Å². The number of aliphatic hydroxyl groups excluding tert-OH is 1. The summed E-state index contributed by atoms with van der Waals surface area (Å²) < 4.78 is 0. The molecule has 1 heterocycles. The normalized spacial score (nSPS) is 21.3. The lowest BCUT2D eigenvalue weighted by atomic mass is 9.83. The molecule has 1 saturated heterocycles. The molecule has 0 radical (unpaired) electrons. The van der Waals surface area contributed by atoms with E-state index in [1.807, 2.05) is 11.8 Å². The molecule has 1 aliphatic heterocycles. The molecule has 0 bridgehead atoms. The maximum absolute atomic E-state index is 12.5. The smallest absolute Gasteiger partial charge is 0.226 e. The van der Waals surface area contributed by atoms with Crippen molar-refractivity contribution in [1.29, 1.82) is 0 Å². The molecule has 1 rings (SSSR count). The Morgan fingerprint density at radius 2 is 1.89 bits per heavy atom. The number of aliphatic hydroxyl groups is 1. The van der Waals surface area contributed by atoms with Crippen LogP contribution in [0.15, 0.2) is 0 Å². The van der Waals surface area contributed by atoms with Gasteiger partial charge in [-0.05, 0) is 37.5 Å². The summed E-state index contributed by atoms with van der Waals surface area (Å²) >= 11 is 0. The van der Waals surface area contributed by atoms with Gasteiger partial charge in [-0.2, -0.15) is 0 Å². The highest BCUT2D eigenvalue weighted by Crippen LogP contribution is 2.27. The van der Waals surface area contributed by atoms with Crippen molar-refractivity contribution < 1.29 is 9.90 Å². The van der Waals surface area contributed by atoms with Crippen molar-refractivity contribution in [3.05, 3.63) is 0 Å². The number of carbonyl (C=O) groups excluding carboxylic acids is 1. The predicted octanol–water partition coefficient (Wildman–Crippen LogP) is 1.62. The number of likely N-dealkylation sites (tertiary alicyclic amines) is 1. The van der Waals surface area contributed by atoms with E-state index in [1.54, 1.807) is 0 Å².